The van der Waals surface area contributed by atoms with Gasteiger partial charge in [0.2, 0.25) is 0 Å². The number of thioether (sulfide) groups is 1. The number of hydrogen-bond acceptors (Lipinski definition) is 4. The lowest BCUT2D eigenvalue weighted by molar-refractivity contribution is -0.0328. The van der Waals surface area contributed by atoms with E-state index in [1.54, 1.807) is 0 Å². The van der Waals surface area contributed by atoms with E-state index in [2.05, 4.69) is 15.3 Å². The first kappa shape index (κ1) is 17.5. The molecule has 1 heterocycles. The van der Waals surface area contributed by atoms with Gasteiger partial charge in [-0.25, -0.2) is 4.98 Å². The summed E-state index contributed by atoms with van der Waals surface area (Å²) in [5.41, 5.74) is -4.03. The Morgan fingerprint density at radius 2 is 1.96 bits per heavy atom. The summed E-state index contributed by atoms with van der Waals surface area (Å²) >= 11 is -0.193. The zero-order chi connectivity index (χ0) is 18.0. The number of alkyl halides is 3. The highest BCUT2D eigenvalue weighted by Crippen LogP contribution is 2.37. The molecule has 0 aliphatic heterocycles. The van der Waals surface area contributed by atoms with Crippen molar-refractivity contribution in [2.45, 2.75) is 35.7 Å². The molecule has 0 radical (unpaired) electrons. The largest absolute Gasteiger partial charge is 0.446 e. The molecule has 2 aromatic rings. The van der Waals surface area contributed by atoms with Crippen LogP contribution in [-0.2, 0) is 6.54 Å². The number of nitrogens with zero attached hydrogens (tertiary/aromatic N) is 1. The van der Waals surface area contributed by atoms with Gasteiger partial charge in [0.15, 0.2) is 0 Å². The highest BCUT2D eigenvalue weighted by atomic mass is 32.2. The fraction of sp³-hybridized carbons (Fsp3) is 0.312. The lowest BCUT2D eigenvalue weighted by Gasteiger charge is -2.08. The zero-order valence-electron chi connectivity index (χ0n) is 12.9. The lowest BCUT2D eigenvalue weighted by atomic mass is 10.2. The molecule has 1 aliphatic carbocycles. The first-order chi connectivity index (χ1) is 11.8. The highest BCUT2D eigenvalue weighted by Gasteiger charge is 2.29. The molecule has 0 atom stereocenters. The minimum atomic E-state index is -4.33. The second-order valence-electron chi connectivity index (χ2n) is 5.66. The average Bonchev–Trinajstić information content (AvgIpc) is 3.37. The Morgan fingerprint density at radius 3 is 2.56 bits per heavy atom. The van der Waals surface area contributed by atoms with Crippen molar-refractivity contribution in [3.63, 3.8) is 0 Å². The number of hydrogen-bond donors (Lipinski definition) is 2. The van der Waals surface area contributed by atoms with E-state index in [-0.39, 0.29) is 40.4 Å². The van der Waals surface area contributed by atoms with Crippen LogP contribution in [0.5, 0.6) is 0 Å². The number of amides is 1. The summed E-state index contributed by atoms with van der Waals surface area (Å²) in [4.78, 5) is 30.6. The van der Waals surface area contributed by atoms with Crippen LogP contribution < -0.4 is 10.9 Å². The van der Waals surface area contributed by atoms with E-state index >= 15 is 0 Å². The van der Waals surface area contributed by atoms with Gasteiger partial charge in [0.05, 0.1) is 0 Å². The normalized spacial score (nSPS) is 14.4. The van der Waals surface area contributed by atoms with Gasteiger partial charge in [0.1, 0.15) is 11.5 Å². The van der Waals surface area contributed by atoms with Crippen LogP contribution in [0.15, 0.2) is 40.0 Å². The van der Waals surface area contributed by atoms with Crippen molar-refractivity contribution in [1.29, 1.82) is 0 Å². The van der Waals surface area contributed by atoms with Gasteiger partial charge in [-0.05, 0) is 42.3 Å². The summed E-state index contributed by atoms with van der Waals surface area (Å²) in [6.45, 7) is 0.128. The van der Waals surface area contributed by atoms with Crippen molar-refractivity contribution in [2.75, 3.05) is 0 Å². The van der Waals surface area contributed by atoms with Gasteiger partial charge >= 0.3 is 5.51 Å². The Hall–Kier alpha value is -2.29. The summed E-state index contributed by atoms with van der Waals surface area (Å²) in [5, 5.41) is 2.61. The molecule has 9 heteroatoms. The highest BCUT2D eigenvalue weighted by molar-refractivity contribution is 8.00. The molecule has 0 bridgehead atoms. The summed E-state index contributed by atoms with van der Waals surface area (Å²) in [5.74, 6) is 0.229. The maximum Gasteiger partial charge on any atom is 0.446 e. The molecule has 1 saturated carbocycles. The Bertz CT molecular complexity index is 830. The Morgan fingerprint density at radius 1 is 1.28 bits per heavy atom. The second kappa shape index (κ2) is 6.91. The predicted molar refractivity (Wildman–Crippen MR) is 86.4 cm³/mol. The molecule has 132 valence electrons. The van der Waals surface area contributed by atoms with Crippen molar-refractivity contribution in [2.24, 2.45) is 0 Å². The van der Waals surface area contributed by atoms with Crippen LogP contribution in [0, 0.1) is 0 Å². The molecule has 0 spiro atoms. The van der Waals surface area contributed by atoms with Gasteiger partial charge in [0.25, 0.3) is 11.5 Å². The topological polar surface area (TPSA) is 74.8 Å². The Kier molecular flexibility index (Phi) is 4.85. The maximum absolute atomic E-state index is 12.3. The van der Waals surface area contributed by atoms with E-state index in [0.29, 0.717) is 11.4 Å². The minimum absolute atomic E-state index is 0.0369. The monoisotopic (exact) mass is 369 g/mol. The standard InChI is InChI=1S/C16H14F3N3O2S/c17-16(18,19)25-11-5-1-9(2-6-11)8-20-15(24)12-7-13(23)22-14(21-12)10-3-4-10/h1-2,5-7,10H,3-4,8H2,(H,20,24)(H,21,22,23). The first-order valence-electron chi connectivity index (χ1n) is 7.54. The van der Waals surface area contributed by atoms with Gasteiger partial charge in [-0.2, -0.15) is 13.2 Å². The van der Waals surface area contributed by atoms with E-state index in [9.17, 15) is 22.8 Å². The van der Waals surface area contributed by atoms with E-state index < -0.39 is 11.4 Å². The molecule has 25 heavy (non-hydrogen) atoms. The number of carbonyl (C=O) groups excluding carboxylic acids is 1. The molecule has 1 aromatic heterocycles. The maximum atomic E-state index is 12.3. The summed E-state index contributed by atoms with van der Waals surface area (Å²) in [7, 11) is 0. The van der Waals surface area contributed by atoms with Gasteiger partial charge < -0.3 is 10.3 Å². The number of aromatic amines is 1. The first-order valence-corrected chi connectivity index (χ1v) is 8.36. The number of halogens is 3. The third-order valence-electron chi connectivity index (χ3n) is 3.57. The number of H-pyrrole nitrogens is 1. The molecule has 2 N–H and O–H groups in total. The van der Waals surface area contributed by atoms with Gasteiger partial charge in [-0.1, -0.05) is 12.1 Å². The van der Waals surface area contributed by atoms with Gasteiger partial charge in [0, 0.05) is 23.4 Å². The van der Waals surface area contributed by atoms with Gasteiger partial charge in [-0.15, -0.1) is 0 Å². The molecular formula is C16H14F3N3O2S. The van der Waals surface area contributed by atoms with Crippen LogP contribution in [0.25, 0.3) is 0 Å². The third kappa shape index (κ3) is 5.09. The van der Waals surface area contributed by atoms with Crippen LogP contribution in [0.3, 0.4) is 0 Å². The molecule has 1 aliphatic rings. The molecular weight excluding hydrogens is 355 g/mol. The number of rotatable bonds is 5. The quantitative estimate of drug-likeness (QED) is 0.794. The van der Waals surface area contributed by atoms with E-state index in [0.717, 1.165) is 18.9 Å². The Labute approximate surface area is 145 Å². The lowest BCUT2D eigenvalue weighted by Crippen LogP contribution is -2.26. The minimum Gasteiger partial charge on any atom is -0.347 e. The molecule has 0 unspecified atom stereocenters. The molecule has 1 fully saturated rings. The molecule has 1 amide bonds. The summed E-state index contributed by atoms with van der Waals surface area (Å²) < 4.78 is 36.8. The van der Waals surface area contributed by atoms with Crippen molar-refractivity contribution >= 4 is 17.7 Å². The zero-order valence-corrected chi connectivity index (χ0v) is 13.7. The number of aromatic nitrogens is 2. The van der Waals surface area contributed by atoms with Crippen molar-refractivity contribution in [3.8, 4) is 0 Å². The fourth-order valence-corrected chi connectivity index (χ4v) is 2.76. The number of carbonyl (C=O) groups is 1. The third-order valence-corrected chi connectivity index (χ3v) is 4.31. The van der Waals surface area contributed by atoms with Crippen LogP contribution >= 0.6 is 11.8 Å². The van der Waals surface area contributed by atoms with Gasteiger partial charge in [-0.3, -0.25) is 9.59 Å². The van der Waals surface area contributed by atoms with E-state index in [1.807, 2.05) is 0 Å². The SMILES string of the molecule is O=C(NCc1ccc(SC(F)(F)F)cc1)c1cc(=O)[nH]c(C2CC2)n1. The average molecular weight is 369 g/mol. The molecule has 1 aromatic carbocycles. The molecule has 5 nitrogen and oxygen atoms in total. The van der Waals surface area contributed by atoms with Crippen LogP contribution in [-0.4, -0.2) is 21.4 Å². The van der Waals surface area contributed by atoms with E-state index in [4.69, 9.17) is 0 Å². The van der Waals surface area contributed by atoms with Crippen LogP contribution in [0.4, 0.5) is 13.2 Å². The Balaban J connectivity index is 1.61. The number of nitrogens with one attached hydrogen (secondary N) is 2. The van der Waals surface area contributed by atoms with Crippen molar-refractivity contribution < 1.29 is 18.0 Å². The van der Waals surface area contributed by atoms with Crippen LogP contribution in [0.2, 0.25) is 0 Å². The smallest absolute Gasteiger partial charge is 0.347 e. The van der Waals surface area contributed by atoms with Crippen LogP contribution in [0.1, 0.15) is 40.6 Å². The van der Waals surface area contributed by atoms with Crippen molar-refractivity contribution in [3.05, 3.63) is 57.8 Å². The van der Waals surface area contributed by atoms with E-state index in [1.165, 1.54) is 24.3 Å². The molecule has 3 rings (SSSR count). The fourth-order valence-electron chi connectivity index (χ4n) is 2.22. The molecule has 0 saturated heterocycles. The van der Waals surface area contributed by atoms with Crippen molar-refractivity contribution in [1.82, 2.24) is 15.3 Å². The predicted octanol–water partition coefficient (Wildman–Crippen LogP) is 3.19. The number of benzene rings is 1. The summed E-state index contributed by atoms with van der Waals surface area (Å²) in [6.07, 6.45) is 1.88. The summed E-state index contributed by atoms with van der Waals surface area (Å²) in [6, 6.07) is 6.83. The second-order valence-corrected chi connectivity index (χ2v) is 6.80.